The lowest BCUT2D eigenvalue weighted by Crippen LogP contribution is -1.97. The molecule has 5 heteroatoms. The Morgan fingerprint density at radius 3 is 2.62 bits per heavy atom. The molecule has 1 heterocycles. The Kier molecular flexibility index (Phi) is 2.99. The van der Waals surface area contributed by atoms with E-state index in [1.807, 2.05) is 36.4 Å². The Balaban J connectivity index is 2.24. The molecule has 1 aromatic carbocycles. The van der Waals surface area contributed by atoms with E-state index in [-0.39, 0.29) is 10.7 Å². The van der Waals surface area contributed by atoms with Gasteiger partial charge in [0, 0.05) is 5.69 Å². The standard InChI is InChI=1S/C11H7ClN4/c12-10-8(6-13)7-14-11(16-10)15-9-4-2-1-3-5-9/h1-5,7H,(H,14,15,16). The molecule has 2 rings (SSSR count). The summed E-state index contributed by atoms with van der Waals surface area (Å²) >= 11 is 5.78. The zero-order valence-corrected chi connectivity index (χ0v) is 8.94. The van der Waals surface area contributed by atoms with Crippen LogP contribution in [0.4, 0.5) is 11.6 Å². The SMILES string of the molecule is N#Cc1cnc(Nc2ccccc2)nc1Cl. The van der Waals surface area contributed by atoms with E-state index >= 15 is 0 Å². The van der Waals surface area contributed by atoms with Crippen LogP contribution in [0.3, 0.4) is 0 Å². The monoisotopic (exact) mass is 230 g/mol. The maximum absolute atomic E-state index is 8.66. The van der Waals surface area contributed by atoms with E-state index < -0.39 is 0 Å². The number of benzene rings is 1. The number of para-hydroxylation sites is 1. The number of nitrogens with zero attached hydrogens (tertiary/aromatic N) is 3. The summed E-state index contributed by atoms with van der Waals surface area (Å²) in [6.45, 7) is 0. The summed E-state index contributed by atoms with van der Waals surface area (Å²) in [7, 11) is 0. The molecule has 0 radical (unpaired) electrons. The van der Waals surface area contributed by atoms with Gasteiger partial charge in [-0.1, -0.05) is 29.8 Å². The number of hydrogen-bond donors (Lipinski definition) is 1. The molecule has 1 aromatic heterocycles. The van der Waals surface area contributed by atoms with E-state index in [1.165, 1.54) is 6.20 Å². The van der Waals surface area contributed by atoms with Crippen LogP contribution in [0.15, 0.2) is 36.5 Å². The molecule has 0 aliphatic rings. The van der Waals surface area contributed by atoms with Crippen LogP contribution in [0.5, 0.6) is 0 Å². The van der Waals surface area contributed by atoms with Crippen molar-refractivity contribution in [2.75, 3.05) is 5.32 Å². The summed E-state index contributed by atoms with van der Waals surface area (Å²) in [5.41, 5.74) is 1.13. The van der Waals surface area contributed by atoms with Crippen molar-refractivity contribution in [2.24, 2.45) is 0 Å². The smallest absolute Gasteiger partial charge is 0.228 e. The number of nitrogens with one attached hydrogen (secondary N) is 1. The van der Waals surface area contributed by atoms with Crippen molar-refractivity contribution in [3.8, 4) is 6.07 Å². The summed E-state index contributed by atoms with van der Waals surface area (Å²) in [6, 6.07) is 11.4. The normalized spacial score (nSPS) is 9.50. The number of nitriles is 1. The summed E-state index contributed by atoms with van der Waals surface area (Å²) in [4.78, 5) is 7.94. The minimum atomic E-state index is 0.149. The zero-order chi connectivity index (χ0) is 11.4. The van der Waals surface area contributed by atoms with E-state index in [1.54, 1.807) is 0 Å². The lowest BCUT2D eigenvalue weighted by atomic mass is 10.3. The van der Waals surface area contributed by atoms with Crippen molar-refractivity contribution in [3.63, 3.8) is 0 Å². The van der Waals surface area contributed by atoms with E-state index in [0.717, 1.165) is 5.69 Å². The molecule has 0 spiro atoms. The highest BCUT2D eigenvalue weighted by Gasteiger charge is 2.03. The van der Waals surface area contributed by atoms with Crippen LogP contribution in [0, 0.1) is 11.3 Å². The Morgan fingerprint density at radius 1 is 1.25 bits per heavy atom. The van der Waals surface area contributed by atoms with Crippen LogP contribution in [0.1, 0.15) is 5.56 Å². The third-order valence-corrected chi connectivity index (χ3v) is 2.18. The predicted molar refractivity (Wildman–Crippen MR) is 61.5 cm³/mol. The molecule has 0 bridgehead atoms. The molecule has 0 saturated heterocycles. The second-order valence-electron chi connectivity index (χ2n) is 3.00. The third kappa shape index (κ3) is 2.27. The minimum absolute atomic E-state index is 0.149. The first-order chi connectivity index (χ1) is 7.79. The summed E-state index contributed by atoms with van der Waals surface area (Å²) in [5.74, 6) is 0.371. The second-order valence-corrected chi connectivity index (χ2v) is 3.36. The van der Waals surface area contributed by atoms with Crippen LogP contribution < -0.4 is 5.32 Å². The molecule has 16 heavy (non-hydrogen) atoms. The average Bonchev–Trinajstić information content (AvgIpc) is 2.31. The fourth-order valence-corrected chi connectivity index (χ4v) is 1.32. The molecule has 0 unspecified atom stereocenters. The van der Waals surface area contributed by atoms with Gasteiger partial charge in [0.05, 0.1) is 6.20 Å². The maximum Gasteiger partial charge on any atom is 0.228 e. The van der Waals surface area contributed by atoms with Gasteiger partial charge >= 0.3 is 0 Å². The van der Waals surface area contributed by atoms with Crippen molar-refractivity contribution < 1.29 is 0 Å². The van der Waals surface area contributed by atoms with Gasteiger partial charge in [0.1, 0.15) is 11.6 Å². The van der Waals surface area contributed by atoms with Crippen molar-refractivity contribution in [2.45, 2.75) is 0 Å². The van der Waals surface area contributed by atoms with Gasteiger partial charge in [0.25, 0.3) is 0 Å². The van der Waals surface area contributed by atoms with Gasteiger partial charge in [-0.15, -0.1) is 0 Å². The quantitative estimate of drug-likeness (QED) is 0.806. The number of anilines is 2. The first-order valence-electron chi connectivity index (χ1n) is 4.54. The highest BCUT2D eigenvalue weighted by molar-refractivity contribution is 6.30. The highest BCUT2D eigenvalue weighted by atomic mass is 35.5. The maximum atomic E-state index is 8.66. The first kappa shape index (κ1) is 10.4. The molecule has 0 aliphatic carbocycles. The zero-order valence-electron chi connectivity index (χ0n) is 8.18. The molecule has 0 saturated carbocycles. The van der Waals surface area contributed by atoms with Crippen molar-refractivity contribution >= 4 is 23.2 Å². The first-order valence-corrected chi connectivity index (χ1v) is 4.92. The lowest BCUT2D eigenvalue weighted by Gasteiger charge is -2.04. The number of halogens is 1. The Bertz CT molecular complexity index is 533. The number of hydrogen-bond acceptors (Lipinski definition) is 4. The Hall–Kier alpha value is -2.12. The summed E-state index contributed by atoms with van der Waals surface area (Å²) in [6.07, 6.45) is 1.39. The van der Waals surface area contributed by atoms with Gasteiger partial charge in [-0.2, -0.15) is 10.2 Å². The molecule has 0 aliphatic heterocycles. The van der Waals surface area contributed by atoms with Crippen LogP contribution in [-0.4, -0.2) is 9.97 Å². The van der Waals surface area contributed by atoms with Gasteiger partial charge in [-0.25, -0.2) is 4.98 Å². The number of aromatic nitrogens is 2. The van der Waals surface area contributed by atoms with E-state index in [9.17, 15) is 0 Å². The molecular formula is C11H7ClN4. The Labute approximate surface area is 97.5 Å². The van der Waals surface area contributed by atoms with Gasteiger partial charge in [0.2, 0.25) is 5.95 Å². The average molecular weight is 231 g/mol. The van der Waals surface area contributed by atoms with Gasteiger partial charge in [0.15, 0.2) is 5.15 Å². The van der Waals surface area contributed by atoms with E-state index in [2.05, 4.69) is 15.3 Å². The van der Waals surface area contributed by atoms with E-state index in [4.69, 9.17) is 16.9 Å². The third-order valence-electron chi connectivity index (χ3n) is 1.89. The Morgan fingerprint density at radius 2 is 2.00 bits per heavy atom. The lowest BCUT2D eigenvalue weighted by molar-refractivity contribution is 1.15. The van der Waals surface area contributed by atoms with Gasteiger partial charge < -0.3 is 5.32 Å². The summed E-state index contributed by atoms with van der Waals surface area (Å²) < 4.78 is 0. The van der Waals surface area contributed by atoms with Crippen LogP contribution in [-0.2, 0) is 0 Å². The number of rotatable bonds is 2. The molecule has 0 fully saturated rings. The van der Waals surface area contributed by atoms with Crippen molar-refractivity contribution in [1.82, 2.24) is 9.97 Å². The predicted octanol–water partition coefficient (Wildman–Crippen LogP) is 2.75. The van der Waals surface area contributed by atoms with Crippen LogP contribution >= 0.6 is 11.6 Å². The van der Waals surface area contributed by atoms with Gasteiger partial charge in [-0.05, 0) is 12.1 Å². The second kappa shape index (κ2) is 4.60. The fraction of sp³-hybridized carbons (Fsp3) is 0. The molecular weight excluding hydrogens is 224 g/mol. The minimum Gasteiger partial charge on any atom is -0.324 e. The van der Waals surface area contributed by atoms with Crippen molar-refractivity contribution in [1.29, 1.82) is 5.26 Å². The van der Waals surface area contributed by atoms with Crippen LogP contribution in [0.2, 0.25) is 5.15 Å². The molecule has 4 nitrogen and oxygen atoms in total. The summed E-state index contributed by atoms with van der Waals surface area (Å²) in [5, 5.41) is 11.8. The van der Waals surface area contributed by atoms with E-state index in [0.29, 0.717) is 5.95 Å². The van der Waals surface area contributed by atoms with Crippen molar-refractivity contribution in [3.05, 3.63) is 47.2 Å². The molecule has 0 atom stereocenters. The fourth-order valence-electron chi connectivity index (χ4n) is 1.15. The molecule has 2 aromatic rings. The molecule has 0 amide bonds. The largest absolute Gasteiger partial charge is 0.324 e. The van der Waals surface area contributed by atoms with Gasteiger partial charge in [-0.3, -0.25) is 0 Å². The highest BCUT2D eigenvalue weighted by Crippen LogP contribution is 2.16. The van der Waals surface area contributed by atoms with Crippen LogP contribution in [0.25, 0.3) is 0 Å². The topological polar surface area (TPSA) is 61.6 Å². The molecule has 1 N–H and O–H groups in total. The molecule has 78 valence electrons.